The van der Waals surface area contributed by atoms with Crippen LogP contribution in [-0.4, -0.2) is 62.5 Å². The molecule has 0 heterocycles. The molecule has 3 N–H and O–H groups in total. The normalized spacial score (nSPS) is 13.0. The lowest BCUT2D eigenvalue weighted by Crippen LogP contribution is -2.39. The minimum absolute atomic E-state index is 0.244. The van der Waals surface area contributed by atoms with Crippen LogP contribution in [0.3, 0.4) is 0 Å². The third kappa shape index (κ3) is 10.8. The van der Waals surface area contributed by atoms with Crippen LogP contribution in [0.25, 0.3) is 0 Å². The number of hydrogen-bond donors (Lipinski definition) is 2. The van der Waals surface area contributed by atoms with Gasteiger partial charge in [0.15, 0.2) is 0 Å². The highest BCUT2D eigenvalue weighted by Crippen LogP contribution is 2.10. The Morgan fingerprint density at radius 2 is 2.00 bits per heavy atom. The van der Waals surface area contributed by atoms with Crippen LogP contribution in [0.15, 0.2) is 0 Å². The molecule has 1 unspecified atom stereocenters. The number of ether oxygens (including phenoxy) is 2. The molecule has 0 aromatic rings. The zero-order valence-electron chi connectivity index (χ0n) is 15.0. The van der Waals surface area contributed by atoms with E-state index in [2.05, 4.69) is 5.32 Å². The molecule has 0 bridgehead atoms. The Morgan fingerprint density at radius 1 is 1.32 bits per heavy atom. The van der Waals surface area contributed by atoms with Gasteiger partial charge in [-0.15, -0.1) is 0 Å². The highest BCUT2D eigenvalue weighted by atomic mass is 16.6. The van der Waals surface area contributed by atoms with Gasteiger partial charge in [-0.3, -0.25) is 0 Å². The fourth-order valence-electron chi connectivity index (χ4n) is 2.09. The fourth-order valence-corrected chi connectivity index (χ4v) is 2.09. The SMILES string of the molecule is CCN(CCCNC(CCCN)COC)C(=O)OC(C)(C)C. The standard InChI is InChI=1S/C16H35N3O3/c1-6-19(15(20)22-16(2,3)4)12-8-11-18-14(13-21-5)9-7-10-17/h14,18H,6-13,17H2,1-5H3. The van der Waals surface area contributed by atoms with E-state index >= 15 is 0 Å². The fraction of sp³-hybridized carbons (Fsp3) is 0.938. The maximum absolute atomic E-state index is 12.0. The van der Waals surface area contributed by atoms with Gasteiger partial charge in [-0.2, -0.15) is 0 Å². The van der Waals surface area contributed by atoms with Crippen molar-refractivity contribution in [2.75, 3.05) is 39.9 Å². The van der Waals surface area contributed by atoms with Gasteiger partial charge in [0.25, 0.3) is 0 Å². The van der Waals surface area contributed by atoms with Gasteiger partial charge in [0.2, 0.25) is 0 Å². The number of nitrogens with zero attached hydrogens (tertiary/aromatic N) is 1. The molecule has 6 nitrogen and oxygen atoms in total. The van der Waals surface area contributed by atoms with Crippen molar-refractivity contribution in [1.82, 2.24) is 10.2 Å². The number of nitrogens with two attached hydrogens (primary N) is 1. The minimum atomic E-state index is -0.450. The van der Waals surface area contributed by atoms with Gasteiger partial charge in [-0.1, -0.05) is 0 Å². The number of carbonyl (C=O) groups excluding carboxylic acids is 1. The smallest absolute Gasteiger partial charge is 0.410 e. The monoisotopic (exact) mass is 317 g/mol. The van der Waals surface area contributed by atoms with Crippen LogP contribution in [0.4, 0.5) is 4.79 Å². The second kappa shape index (κ2) is 11.7. The van der Waals surface area contributed by atoms with Crippen molar-refractivity contribution in [2.45, 2.75) is 58.6 Å². The molecule has 6 heteroatoms. The van der Waals surface area contributed by atoms with Gasteiger partial charge < -0.3 is 25.4 Å². The second-order valence-corrected chi connectivity index (χ2v) is 6.45. The van der Waals surface area contributed by atoms with Crippen LogP contribution in [0.2, 0.25) is 0 Å². The summed E-state index contributed by atoms with van der Waals surface area (Å²) < 4.78 is 10.6. The second-order valence-electron chi connectivity index (χ2n) is 6.45. The highest BCUT2D eigenvalue weighted by molar-refractivity contribution is 5.68. The first kappa shape index (κ1) is 21.1. The molecule has 0 aromatic carbocycles. The third-order valence-corrected chi connectivity index (χ3v) is 3.20. The molecule has 0 saturated heterocycles. The molecule has 1 atom stereocenters. The van der Waals surface area contributed by atoms with Crippen molar-refractivity contribution < 1.29 is 14.3 Å². The molecule has 0 fully saturated rings. The quantitative estimate of drug-likeness (QED) is 0.570. The lowest BCUT2D eigenvalue weighted by Gasteiger charge is -2.27. The summed E-state index contributed by atoms with van der Waals surface area (Å²) in [5.41, 5.74) is 5.09. The average molecular weight is 317 g/mol. The zero-order chi connectivity index (χ0) is 17.0. The van der Waals surface area contributed by atoms with Gasteiger partial charge in [-0.05, 0) is 60.0 Å². The molecule has 0 aliphatic rings. The predicted molar refractivity (Wildman–Crippen MR) is 90.1 cm³/mol. The Hall–Kier alpha value is -0.850. The molecule has 0 aliphatic heterocycles. The molecule has 0 radical (unpaired) electrons. The molecule has 132 valence electrons. The van der Waals surface area contributed by atoms with E-state index in [9.17, 15) is 4.79 Å². The van der Waals surface area contributed by atoms with E-state index in [0.29, 0.717) is 32.3 Å². The highest BCUT2D eigenvalue weighted by Gasteiger charge is 2.20. The van der Waals surface area contributed by atoms with E-state index in [1.807, 2.05) is 27.7 Å². The summed E-state index contributed by atoms with van der Waals surface area (Å²) in [6.07, 6.45) is 2.63. The zero-order valence-corrected chi connectivity index (χ0v) is 15.0. The molecule has 0 aromatic heterocycles. The van der Waals surface area contributed by atoms with E-state index in [1.165, 1.54) is 0 Å². The van der Waals surface area contributed by atoms with Crippen LogP contribution in [0, 0.1) is 0 Å². The van der Waals surface area contributed by atoms with Crippen molar-refractivity contribution in [2.24, 2.45) is 5.73 Å². The largest absolute Gasteiger partial charge is 0.444 e. The lowest BCUT2D eigenvalue weighted by atomic mass is 10.1. The Bertz CT molecular complexity index is 293. The predicted octanol–water partition coefficient (Wildman–Crippen LogP) is 1.98. The first-order valence-electron chi connectivity index (χ1n) is 8.24. The lowest BCUT2D eigenvalue weighted by molar-refractivity contribution is 0.0257. The summed E-state index contributed by atoms with van der Waals surface area (Å²) >= 11 is 0. The van der Waals surface area contributed by atoms with E-state index in [4.69, 9.17) is 15.2 Å². The third-order valence-electron chi connectivity index (χ3n) is 3.20. The average Bonchev–Trinajstić information content (AvgIpc) is 2.42. The summed E-state index contributed by atoms with van der Waals surface area (Å²) in [5.74, 6) is 0. The minimum Gasteiger partial charge on any atom is -0.444 e. The first-order valence-corrected chi connectivity index (χ1v) is 8.24. The van der Waals surface area contributed by atoms with Crippen LogP contribution in [0.5, 0.6) is 0 Å². The number of amides is 1. The number of methoxy groups -OCH3 is 1. The summed E-state index contributed by atoms with van der Waals surface area (Å²) in [4.78, 5) is 13.7. The summed E-state index contributed by atoms with van der Waals surface area (Å²) in [6, 6.07) is 0.324. The van der Waals surface area contributed by atoms with Crippen LogP contribution in [0.1, 0.15) is 47.0 Å². The molecule has 0 aliphatic carbocycles. The van der Waals surface area contributed by atoms with Crippen molar-refractivity contribution in [1.29, 1.82) is 0 Å². The number of rotatable bonds is 11. The summed E-state index contributed by atoms with van der Waals surface area (Å²) in [7, 11) is 1.71. The molecule has 0 saturated carbocycles. The van der Waals surface area contributed by atoms with E-state index in [-0.39, 0.29) is 6.09 Å². The van der Waals surface area contributed by atoms with Crippen LogP contribution < -0.4 is 11.1 Å². The molecule has 1 amide bonds. The maximum Gasteiger partial charge on any atom is 0.410 e. The molecular formula is C16H35N3O3. The van der Waals surface area contributed by atoms with Crippen molar-refractivity contribution >= 4 is 6.09 Å². The Morgan fingerprint density at radius 3 is 2.50 bits per heavy atom. The van der Waals surface area contributed by atoms with E-state index in [0.717, 1.165) is 25.8 Å². The van der Waals surface area contributed by atoms with E-state index < -0.39 is 5.60 Å². The van der Waals surface area contributed by atoms with E-state index in [1.54, 1.807) is 12.0 Å². The summed E-state index contributed by atoms with van der Waals surface area (Å²) in [6.45, 7) is 11.2. The van der Waals surface area contributed by atoms with Gasteiger partial charge in [0.1, 0.15) is 5.60 Å². The molecule has 0 spiro atoms. The number of hydrogen-bond acceptors (Lipinski definition) is 5. The van der Waals surface area contributed by atoms with Crippen LogP contribution >= 0.6 is 0 Å². The molecule has 22 heavy (non-hydrogen) atoms. The number of nitrogens with one attached hydrogen (secondary N) is 1. The Labute approximate surface area is 135 Å². The van der Waals surface area contributed by atoms with Gasteiger partial charge in [0.05, 0.1) is 6.61 Å². The van der Waals surface area contributed by atoms with Crippen LogP contribution in [-0.2, 0) is 9.47 Å². The summed E-state index contributed by atoms with van der Waals surface area (Å²) in [5, 5.41) is 3.46. The Kier molecular flexibility index (Phi) is 11.2. The molecular weight excluding hydrogens is 282 g/mol. The van der Waals surface area contributed by atoms with Gasteiger partial charge >= 0.3 is 6.09 Å². The van der Waals surface area contributed by atoms with Crippen molar-refractivity contribution in [3.8, 4) is 0 Å². The number of carbonyl (C=O) groups is 1. The van der Waals surface area contributed by atoms with Crippen molar-refractivity contribution in [3.05, 3.63) is 0 Å². The topological polar surface area (TPSA) is 76.8 Å². The Balaban J connectivity index is 4.05. The molecule has 0 rings (SSSR count). The van der Waals surface area contributed by atoms with Gasteiger partial charge in [-0.25, -0.2) is 4.79 Å². The van der Waals surface area contributed by atoms with Gasteiger partial charge in [0, 0.05) is 26.2 Å². The first-order chi connectivity index (χ1) is 10.3. The van der Waals surface area contributed by atoms with Crippen molar-refractivity contribution in [3.63, 3.8) is 0 Å². The maximum atomic E-state index is 12.0.